The number of aryl methyl sites for hydroxylation is 1. The van der Waals surface area contributed by atoms with Crippen molar-refractivity contribution in [2.24, 2.45) is 0 Å². The fourth-order valence-electron chi connectivity index (χ4n) is 1.87. The lowest BCUT2D eigenvalue weighted by molar-refractivity contribution is -0.116. The number of rotatable bonds is 7. The predicted molar refractivity (Wildman–Crippen MR) is 89.0 cm³/mol. The molecule has 0 aliphatic heterocycles. The van der Waals surface area contributed by atoms with Crippen LogP contribution in [0.25, 0.3) is 0 Å². The van der Waals surface area contributed by atoms with Gasteiger partial charge in [-0.05, 0) is 31.0 Å². The Kier molecular flexibility index (Phi) is 6.83. The lowest BCUT2D eigenvalue weighted by atomic mass is 10.2. The van der Waals surface area contributed by atoms with Gasteiger partial charge in [0, 0.05) is 30.2 Å². The number of nitrogens with zero attached hydrogens (tertiary/aromatic N) is 1. The molecular formula is C14H21BrN2O3S. The summed E-state index contributed by atoms with van der Waals surface area (Å²) in [7, 11) is -3.25. The average molecular weight is 377 g/mol. The molecule has 0 bridgehead atoms. The minimum atomic E-state index is -3.25. The summed E-state index contributed by atoms with van der Waals surface area (Å²) >= 11 is 3.43. The summed E-state index contributed by atoms with van der Waals surface area (Å²) in [6.45, 7) is 5.74. The van der Waals surface area contributed by atoms with E-state index in [2.05, 4.69) is 20.7 Å². The number of halogens is 1. The maximum absolute atomic E-state index is 11.8. The van der Waals surface area contributed by atoms with Crippen LogP contribution < -0.4 is 9.62 Å². The van der Waals surface area contributed by atoms with Gasteiger partial charge in [-0.2, -0.15) is 0 Å². The van der Waals surface area contributed by atoms with Crippen LogP contribution >= 0.6 is 15.9 Å². The maximum atomic E-state index is 11.8. The Morgan fingerprint density at radius 1 is 1.38 bits per heavy atom. The Balaban J connectivity index is 2.75. The zero-order valence-electron chi connectivity index (χ0n) is 12.5. The van der Waals surface area contributed by atoms with Gasteiger partial charge in [0.15, 0.2) is 0 Å². The molecule has 0 saturated carbocycles. The largest absolute Gasteiger partial charge is 0.311 e. The molecule has 118 valence electrons. The zero-order valence-corrected chi connectivity index (χ0v) is 14.9. The van der Waals surface area contributed by atoms with Crippen molar-refractivity contribution < 1.29 is 13.2 Å². The van der Waals surface area contributed by atoms with Crippen molar-refractivity contribution >= 4 is 37.5 Å². The van der Waals surface area contributed by atoms with E-state index in [1.165, 1.54) is 6.92 Å². The second kappa shape index (κ2) is 7.91. The molecule has 0 unspecified atom stereocenters. The van der Waals surface area contributed by atoms with Gasteiger partial charge in [-0.15, -0.1) is 0 Å². The second-order valence-electron chi connectivity index (χ2n) is 4.82. The molecule has 5 nitrogen and oxygen atoms in total. The Morgan fingerprint density at radius 3 is 2.57 bits per heavy atom. The van der Waals surface area contributed by atoms with Gasteiger partial charge in [0.2, 0.25) is 15.9 Å². The Hall–Kier alpha value is -0.920. The smallest absolute Gasteiger partial charge is 0.223 e. The molecule has 0 saturated heterocycles. The molecule has 0 radical (unpaired) electrons. The number of hydrogen-bond donors (Lipinski definition) is 1. The van der Waals surface area contributed by atoms with Crippen molar-refractivity contribution in [1.82, 2.24) is 4.72 Å². The normalized spacial score (nSPS) is 11.4. The van der Waals surface area contributed by atoms with Crippen molar-refractivity contribution in [1.29, 1.82) is 0 Å². The molecule has 0 heterocycles. The van der Waals surface area contributed by atoms with Gasteiger partial charge in [-0.1, -0.05) is 28.9 Å². The first-order valence-electron chi connectivity index (χ1n) is 6.78. The number of nitrogens with one attached hydrogen (secondary N) is 1. The summed E-state index contributed by atoms with van der Waals surface area (Å²) in [5, 5.41) is 0. The second-order valence-corrected chi connectivity index (χ2v) is 7.60. The Bertz CT molecular complexity index is 602. The van der Waals surface area contributed by atoms with E-state index in [9.17, 15) is 13.2 Å². The lowest BCUT2D eigenvalue weighted by Gasteiger charge is -2.22. The van der Waals surface area contributed by atoms with Gasteiger partial charge < -0.3 is 4.90 Å². The SMILES string of the molecule is CCCS(=O)(=O)NCCN(C(C)=O)c1ccc(C)c(Br)c1. The van der Waals surface area contributed by atoms with E-state index in [-0.39, 0.29) is 18.2 Å². The fourth-order valence-corrected chi connectivity index (χ4v) is 3.32. The molecular weight excluding hydrogens is 356 g/mol. The van der Waals surface area contributed by atoms with Crippen LogP contribution in [0.4, 0.5) is 5.69 Å². The molecule has 0 aliphatic carbocycles. The summed E-state index contributed by atoms with van der Waals surface area (Å²) < 4.78 is 26.6. The number of sulfonamides is 1. The van der Waals surface area contributed by atoms with Crippen LogP contribution in [0.15, 0.2) is 22.7 Å². The van der Waals surface area contributed by atoms with E-state index >= 15 is 0 Å². The first-order valence-corrected chi connectivity index (χ1v) is 9.23. The van der Waals surface area contributed by atoms with Gasteiger partial charge in [0.1, 0.15) is 0 Å². The Labute approximate surface area is 134 Å². The van der Waals surface area contributed by atoms with Crippen LogP contribution in [0.3, 0.4) is 0 Å². The molecule has 1 aromatic carbocycles. The number of anilines is 1. The van der Waals surface area contributed by atoms with Crippen molar-refractivity contribution in [2.75, 3.05) is 23.7 Å². The van der Waals surface area contributed by atoms with E-state index in [1.807, 2.05) is 32.0 Å². The van der Waals surface area contributed by atoms with Crippen LogP contribution in [0.5, 0.6) is 0 Å². The van der Waals surface area contributed by atoms with Gasteiger partial charge in [-0.3, -0.25) is 4.79 Å². The molecule has 1 amide bonds. The van der Waals surface area contributed by atoms with Crippen LogP contribution in [0.1, 0.15) is 25.8 Å². The molecule has 0 atom stereocenters. The highest BCUT2D eigenvalue weighted by atomic mass is 79.9. The molecule has 0 aromatic heterocycles. The highest BCUT2D eigenvalue weighted by molar-refractivity contribution is 9.10. The van der Waals surface area contributed by atoms with E-state index < -0.39 is 10.0 Å². The van der Waals surface area contributed by atoms with Crippen molar-refractivity contribution in [3.63, 3.8) is 0 Å². The zero-order chi connectivity index (χ0) is 16.0. The number of amides is 1. The summed E-state index contributed by atoms with van der Waals surface area (Å²) in [6, 6.07) is 5.62. The predicted octanol–water partition coefficient (Wildman–Crippen LogP) is 2.44. The third-order valence-electron chi connectivity index (χ3n) is 2.98. The molecule has 0 aliphatic rings. The molecule has 21 heavy (non-hydrogen) atoms. The molecule has 7 heteroatoms. The standard InChI is InChI=1S/C14H21BrN2O3S/c1-4-9-21(19,20)16-7-8-17(12(3)18)13-6-5-11(2)14(15)10-13/h5-6,10,16H,4,7-9H2,1-3H3. The molecule has 0 spiro atoms. The lowest BCUT2D eigenvalue weighted by Crippen LogP contribution is -2.38. The van der Waals surface area contributed by atoms with E-state index in [4.69, 9.17) is 0 Å². The van der Waals surface area contributed by atoms with Gasteiger partial charge in [-0.25, -0.2) is 13.1 Å². The number of benzene rings is 1. The summed E-state index contributed by atoms with van der Waals surface area (Å²) in [4.78, 5) is 13.3. The third kappa shape index (κ3) is 5.76. The first kappa shape index (κ1) is 18.1. The monoisotopic (exact) mass is 376 g/mol. The van der Waals surface area contributed by atoms with Crippen LogP contribution in [-0.2, 0) is 14.8 Å². The quantitative estimate of drug-likeness (QED) is 0.794. The van der Waals surface area contributed by atoms with Crippen molar-refractivity contribution in [3.8, 4) is 0 Å². The van der Waals surface area contributed by atoms with Crippen molar-refractivity contribution in [2.45, 2.75) is 27.2 Å². The summed E-state index contributed by atoms with van der Waals surface area (Å²) in [5.41, 5.74) is 1.82. The average Bonchev–Trinajstić information content (AvgIpc) is 2.37. The van der Waals surface area contributed by atoms with E-state index in [0.717, 1.165) is 15.7 Å². The molecule has 1 rings (SSSR count). The number of carbonyl (C=O) groups is 1. The highest BCUT2D eigenvalue weighted by Crippen LogP contribution is 2.23. The van der Waals surface area contributed by atoms with Crippen LogP contribution in [0.2, 0.25) is 0 Å². The maximum Gasteiger partial charge on any atom is 0.223 e. The van der Waals surface area contributed by atoms with Gasteiger partial charge in [0.05, 0.1) is 5.75 Å². The van der Waals surface area contributed by atoms with Gasteiger partial charge in [0.25, 0.3) is 0 Å². The van der Waals surface area contributed by atoms with Gasteiger partial charge >= 0.3 is 0 Å². The number of hydrogen-bond acceptors (Lipinski definition) is 3. The fraction of sp³-hybridized carbons (Fsp3) is 0.500. The molecule has 1 N–H and O–H groups in total. The van der Waals surface area contributed by atoms with E-state index in [0.29, 0.717) is 13.0 Å². The molecule has 0 fully saturated rings. The highest BCUT2D eigenvalue weighted by Gasteiger charge is 2.14. The van der Waals surface area contributed by atoms with Crippen LogP contribution in [-0.4, -0.2) is 33.2 Å². The summed E-state index contributed by atoms with van der Waals surface area (Å²) in [5.74, 6) is -0.0242. The molecule has 1 aromatic rings. The van der Waals surface area contributed by atoms with Crippen molar-refractivity contribution in [3.05, 3.63) is 28.2 Å². The third-order valence-corrected chi connectivity index (χ3v) is 5.42. The van der Waals surface area contributed by atoms with Crippen LogP contribution in [0, 0.1) is 6.92 Å². The van der Waals surface area contributed by atoms with E-state index in [1.54, 1.807) is 4.90 Å². The summed E-state index contributed by atoms with van der Waals surface area (Å²) in [6.07, 6.45) is 0.566. The number of carbonyl (C=O) groups excluding carboxylic acids is 1. The topological polar surface area (TPSA) is 66.5 Å². The minimum Gasteiger partial charge on any atom is -0.311 e. The minimum absolute atomic E-state index is 0.100. The first-order chi connectivity index (χ1) is 9.76. The Morgan fingerprint density at radius 2 is 2.05 bits per heavy atom.